The normalized spacial score (nSPS) is 12.8. The van der Waals surface area contributed by atoms with Crippen LogP contribution in [0.1, 0.15) is 13.3 Å². The summed E-state index contributed by atoms with van der Waals surface area (Å²) in [5.74, 6) is 0. The van der Waals surface area contributed by atoms with Crippen molar-refractivity contribution in [1.29, 1.82) is 0 Å². The number of thioether (sulfide) groups is 1. The van der Waals surface area contributed by atoms with Crippen LogP contribution in [0, 0.1) is 0 Å². The second-order valence-electron chi connectivity index (χ2n) is 3.00. The summed E-state index contributed by atoms with van der Waals surface area (Å²) in [6, 6.07) is 3.40. The first-order valence-electron chi connectivity index (χ1n) is 4.32. The number of rotatable bonds is 4. The smallest absolute Gasteiger partial charge is 0.132 e. The predicted molar refractivity (Wildman–Crippen MR) is 60.7 cm³/mol. The third-order valence-corrected chi connectivity index (χ3v) is 2.93. The first-order valence-corrected chi connectivity index (χ1v) is 5.58. The Morgan fingerprint density at radius 2 is 2.36 bits per heavy atom. The zero-order chi connectivity index (χ0) is 10.6. The Kier molecular flexibility index (Phi) is 4.51. The molecule has 0 aliphatic heterocycles. The lowest BCUT2D eigenvalue weighted by Gasteiger charge is -2.08. The first-order chi connectivity index (χ1) is 6.61. The maximum atomic E-state index is 8.74. The molecule has 78 valence electrons. The highest BCUT2D eigenvalue weighted by Gasteiger charge is 2.06. The molecule has 14 heavy (non-hydrogen) atoms. The molecule has 3 N–H and O–H groups in total. The van der Waals surface area contributed by atoms with Crippen molar-refractivity contribution < 1.29 is 5.11 Å². The molecule has 1 aromatic heterocycles. The van der Waals surface area contributed by atoms with E-state index in [0.717, 1.165) is 11.4 Å². The highest BCUT2D eigenvalue weighted by molar-refractivity contribution is 7.99. The molecule has 1 unspecified atom stereocenters. The molecule has 0 aromatic carbocycles. The standard InChI is InChI=1S/C9H13ClN2OS/c1-6(2-3-13)14-9-5-7(11)4-8(10)12-9/h4-6,13H,2-3H2,1H3,(H2,11,12). The van der Waals surface area contributed by atoms with Gasteiger partial charge in [0.1, 0.15) is 10.2 Å². The number of hydrogen-bond donors (Lipinski definition) is 2. The maximum absolute atomic E-state index is 8.74. The molecule has 0 saturated heterocycles. The van der Waals surface area contributed by atoms with Crippen molar-refractivity contribution >= 4 is 29.1 Å². The Labute approximate surface area is 92.7 Å². The molecular weight excluding hydrogens is 220 g/mol. The average Bonchev–Trinajstić information content (AvgIpc) is 2.01. The van der Waals surface area contributed by atoms with E-state index in [0.29, 0.717) is 16.1 Å². The van der Waals surface area contributed by atoms with Gasteiger partial charge in [0.15, 0.2) is 0 Å². The number of aliphatic hydroxyl groups excluding tert-OH is 1. The molecule has 0 bridgehead atoms. The van der Waals surface area contributed by atoms with E-state index in [-0.39, 0.29) is 6.61 Å². The number of aromatic nitrogens is 1. The molecule has 0 aliphatic carbocycles. The van der Waals surface area contributed by atoms with Crippen molar-refractivity contribution in [1.82, 2.24) is 4.98 Å². The number of pyridine rings is 1. The highest BCUT2D eigenvalue weighted by atomic mass is 35.5. The van der Waals surface area contributed by atoms with E-state index in [4.69, 9.17) is 22.4 Å². The fourth-order valence-electron chi connectivity index (χ4n) is 0.999. The number of hydrogen-bond acceptors (Lipinski definition) is 4. The molecule has 0 aliphatic rings. The van der Waals surface area contributed by atoms with Gasteiger partial charge in [-0.1, -0.05) is 18.5 Å². The van der Waals surface area contributed by atoms with E-state index in [9.17, 15) is 0 Å². The van der Waals surface area contributed by atoms with Gasteiger partial charge >= 0.3 is 0 Å². The van der Waals surface area contributed by atoms with Gasteiger partial charge in [0, 0.05) is 17.5 Å². The van der Waals surface area contributed by atoms with Crippen LogP contribution in [-0.4, -0.2) is 21.9 Å². The molecule has 3 nitrogen and oxygen atoms in total. The minimum atomic E-state index is 0.185. The number of nitrogen functional groups attached to an aromatic ring is 1. The van der Waals surface area contributed by atoms with Gasteiger partial charge in [-0.2, -0.15) is 0 Å². The fraction of sp³-hybridized carbons (Fsp3) is 0.444. The monoisotopic (exact) mass is 232 g/mol. The summed E-state index contributed by atoms with van der Waals surface area (Å²) in [6.07, 6.45) is 0.735. The third-order valence-electron chi connectivity index (χ3n) is 1.65. The predicted octanol–water partition coefficient (Wildman–Crippen LogP) is 2.18. The molecule has 1 aromatic rings. The summed E-state index contributed by atoms with van der Waals surface area (Å²) in [7, 11) is 0. The van der Waals surface area contributed by atoms with Gasteiger partial charge in [0.25, 0.3) is 0 Å². The van der Waals surface area contributed by atoms with E-state index in [2.05, 4.69) is 4.98 Å². The number of halogens is 1. The summed E-state index contributed by atoms with van der Waals surface area (Å²) in [5, 5.41) is 10.3. The second kappa shape index (κ2) is 5.44. The number of nitrogens with zero attached hydrogens (tertiary/aromatic N) is 1. The van der Waals surface area contributed by atoms with Crippen LogP contribution in [-0.2, 0) is 0 Å². The van der Waals surface area contributed by atoms with Gasteiger partial charge in [-0.05, 0) is 18.6 Å². The lowest BCUT2D eigenvalue weighted by molar-refractivity contribution is 0.289. The summed E-state index contributed by atoms with van der Waals surface area (Å²) >= 11 is 7.32. The molecule has 0 fully saturated rings. The van der Waals surface area contributed by atoms with E-state index in [1.165, 1.54) is 0 Å². The molecule has 0 spiro atoms. The van der Waals surface area contributed by atoms with Crippen LogP contribution in [0.5, 0.6) is 0 Å². The summed E-state index contributed by atoms with van der Waals surface area (Å²) in [6.45, 7) is 2.21. The molecule has 0 saturated carbocycles. The van der Waals surface area contributed by atoms with Crippen LogP contribution < -0.4 is 5.73 Å². The van der Waals surface area contributed by atoms with Gasteiger partial charge in [-0.25, -0.2) is 4.98 Å². The number of nitrogens with two attached hydrogens (primary N) is 1. The lowest BCUT2D eigenvalue weighted by Crippen LogP contribution is -2.00. The van der Waals surface area contributed by atoms with Crippen molar-refractivity contribution in [2.45, 2.75) is 23.6 Å². The van der Waals surface area contributed by atoms with Gasteiger partial charge in [-0.3, -0.25) is 0 Å². The van der Waals surface area contributed by atoms with E-state index in [1.54, 1.807) is 23.9 Å². The third kappa shape index (κ3) is 3.74. The van der Waals surface area contributed by atoms with Crippen molar-refractivity contribution in [2.75, 3.05) is 12.3 Å². The van der Waals surface area contributed by atoms with Crippen molar-refractivity contribution in [2.24, 2.45) is 0 Å². The second-order valence-corrected chi connectivity index (χ2v) is 4.85. The Hall–Kier alpha value is -0.450. The summed E-state index contributed by atoms with van der Waals surface area (Å²) in [4.78, 5) is 4.12. The van der Waals surface area contributed by atoms with Crippen LogP contribution in [0.15, 0.2) is 17.2 Å². The molecule has 0 radical (unpaired) electrons. The molecule has 1 heterocycles. The van der Waals surface area contributed by atoms with Crippen LogP contribution in [0.4, 0.5) is 5.69 Å². The Bertz CT molecular complexity index is 289. The zero-order valence-electron chi connectivity index (χ0n) is 7.90. The topological polar surface area (TPSA) is 59.1 Å². The largest absolute Gasteiger partial charge is 0.399 e. The number of anilines is 1. The molecule has 1 atom stereocenters. The van der Waals surface area contributed by atoms with E-state index >= 15 is 0 Å². The molecule has 0 amide bonds. The quantitative estimate of drug-likeness (QED) is 0.617. The van der Waals surface area contributed by atoms with E-state index < -0.39 is 0 Å². The molecular formula is C9H13ClN2OS. The van der Waals surface area contributed by atoms with Gasteiger partial charge in [0.05, 0.1) is 0 Å². The maximum Gasteiger partial charge on any atom is 0.132 e. The minimum Gasteiger partial charge on any atom is -0.399 e. The Morgan fingerprint density at radius 3 is 2.93 bits per heavy atom. The van der Waals surface area contributed by atoms with Crippen LogP contribution >= 0.6 is 23.4 Å². The molecule has 5 heteroatoms. The highest BCUT2D eigenvalue weighted by Crippen LogP contribution is 2.26. The number of aliphatic hydroxyl groups is 1. The van der Waals surface area contributed by atoms with Gasteiger partial charge in [-0.15, -0.1) is 11.8 Å². The van der Waals surface area contributed by atoms with E-state index in [1.807, 2.05) is 6.92 Å². The van der Waals surface area contributed by atoms with Crippen molar-refractivity contribution in [3.63, 3.8) is 0 Å². The van der Waals surface area contributed by atoms with Crippen LogP contribution in [0.25, 0.3) is 0 Å². The summed E-state index contributed by atoms with van der Waals surface area (Å²) in [5.41, 5.74) is 6.24. The minimum absolute atomic E-state index is 0.185. The summed E-state index contributed by atoms with van der Waals surface area (Å²) < 4.78 is 0. The Balaban J connectivity index is 2.66. The van der Waals surface area contributed by atoms with Crippen LogP contribution in [0.3, 0.4) is 0 Å². The lowest BCUT2D eigenvalue weighted by atomic mass is 10.3. The fourth-order valence-corrected chi connectivity index (χ4v) is 2.26. The zero-order valence-corrected chi connectivity index (χ0v) is 9.48. The molecule has 1 rings (SSSR count). The van der Waals surface area contributed by atoms with Crippen LogP contribution in [0.2, 0.25) is 5.15 Å². The SMILES string of the molecule is CC(CCO)Sc1cc(N)cc(Cl)n1. The van der Waals surface area contributed by atoms with Gasteiger partial charge in [0.2, 0.25) is 0 Å². The Morgan fingerprint density at radius 1 is 1.64 bits per heavy atom. The first kappa shape index (κ1) is 11.6. The van der Waals surface area contributed by atoms with Crippen molar-refractivity contribution in [3.8, 4) is 0 Å². The van der Waals surface area contributed by atoms with Gasteiger partial charge < -0.3 is 10.8 Å². The average molecular weight is 233 g/mol. The van der Waals surface area contributed by atoms with Crippen molar-refractivity contribution in [3.05, 3.63) is 17.3 Å².